The maximum atomic E-state index is 16.8. The van der Waals surface area contributed by atoms with Gasteiger partial charge in [-0.2, -0.15) is 15.2 Å². The number of nitriles is 1. The third-order valence-electron chi connectivity index (χ3n) is 9.82. The molecule has 1 amide bonds. The normalized spacial score (nSPS) is 19.1. The van der Waals surface area contributed by atoms with Crippen molar-refractivity contribution in [3.63, 3.8) is 0 Å². The van der Waals surface area contributed by atoms with Crippen molar-refractivity contribution in [1.82, 2.24) is 19.8 Å². The molecule has 12 heteroatoms. The number of carbonyl (C=O) groups excluding carboxylic acids is 1. The maximum Gasteiger partial charge on any atom is 0.319 e. The minimum atomic E-state index is -1.10. The number of aromatic nitrogens is 2. The van der Waals surface area contributed by atoms with E-state index in [-0.39, 0.29) is 53.6 Å². The van der Waals surface area contributed by atoms with Crippen LogP contribution in [0.2, 0.25) is 5.02 Å². The maximum absolute atomic E-state index is 16.8. The predicted octanol–water partition coefficient (Wildman–Crippen LogP) is 7.05. The summed E-state index contributed by atoms with van der Waals surface area (Å²) in [5, 5.41) is 10.8. The van der Waals surface area contributed by atoms with Crippen molar-refractivity contribution in [2.45, 2.75) is 38.1 Å². The summed E-state index contributed by atoms with van der Waals surface area (Å²) >= 11 is 6.41. The number of amides is 1. The fraction of sp³-hybridized carbons (Fsp3) is 0.389. The molecule has 1 unspecified atom stereocenters. The Morgan fingerprint density at radius 1 is 1.06 bits per heavy atom. The van der Waals surface area contributed by atoms with Gasteiger partial charge in [-0.05, 0) is 61.9 Å². The topological polar surface area (TPSA) is 85.6 Å². The number of hydrogen-bond acceptors (Lipinski definition) is 7. The molecular weight excluding hydrogens is 641 g/mol. The highest BCUT2D eigenvalue weighted by molar-refractivity contribution is 6.37. The Bertz CT molecular complexity index is 1970. The van der Waals surface area contributed by atoms with Crippen LogP contribution in [0.25, 0.3) is 32.8 Å². The van der Waals surface area contributed by atoms with Crippen molar-refractivity contribution >= 4 is 45.0 Å². The average molecular weight is 675 g/mol. The van der Waals surface area contributed by atoms with E-state index in [9.17, 15) is 18.8 Å². The molecule has 3 heterocycles. The van der Waals surface area contributed by atoms with Gasteiger partial charge in [0.15, 0.2) is 11.6 Å². The van der Waals surface area contributed by atoms with Crippen LogP contribution in [0.1, 0.15) is 32.1 Å². The summed E-state index contributed by atoms with van der Waals surface area (Å²) in [4.78, 5) is 27.5. The molecule has 1 aliphatic carbocycles. The van der Waals surface area contributed by atoms with Crippen LogP contribution in [0.5, 0.6) is 6.01 Å². The molecule has 3 aliphatic rings. The van der Waals surface area contributed by atoms with E-state index in [0.29, 0.717) is 34.1 Å². The van der Waals surface area contributed by atoms with E-state index >= 15 is 4.39 Å². The molecule has 48 heavy (non-hydrogen) atoms. The number of anilines is 1. The number of rotatable bonds is 9. The highest BCUT2D eigenvalue weighted by Crippen LogP contribution is 2.47. The number of piperazine rings is 1. The molecule has 2 saturated heterocycles. The van der Waals surface area contributed by atoms with Crippen LogP contribution in [0.4, 0.5) is 19.0 Å². The third kappa shape index (κ3) is 6.03. The first-order chi connectivity index (χ1) is 23.2. The van der Waals surface area contributed by atoms with E-state index in [4.69, 9.17) is 21.3 Å². The van der Waals surface area contributed by atoms with E-state index < -0.39 is 29.4 Å². The summed E-state index contributed by atoms with van der Waals surface area (Å²) < 4.78 is 51.5. The molecule has 0 bridgehead atoms. The van der Waals surface area contributed by atoms with Crippen LogP contribution in [0, 0.1) is 28.4 Å². The number of ether oxygens (including phenoxy) is 1. The second-order valence-electron chi connectivity index (χ2n) is 13.1. The van der Waals surface area contributed by atoms with Crippen molar-refractivity contribution in [3.05, 3.63) is 71.5 Å². The van der Waals surface area contributed by atoms with Gasteiger partial charge in [0.05, 0.1) is 30.2 Å². The van der Waals surface area contributed by atoms with E-state index in [0.717, 1.165) is 32.5 Å². The number of halogens is 4. The molecule has 0 N–H and O–H groups in total. The van der Waals surface area contributed by atoms with Crippen LogP contribution in [0.15, 0.2) is 54.9 Å². The number of hydrogen-bond donors (Lipinski definition) is 0. The molecule has 8 nitrogen and oxygen atoms in total. The van der Waals surface area contributed by atoms with Gasteiger partial charge in [-0.3, -0.25) is 4.79 Å². The van der Waals surface area contributed by atoms with Gasteiger partial charge in [0, 0.05) is 47.9 Å². The molecular formula is C36H34ClF3N6O2. The van der Waals surface area contributed by atoms with Crippen LogP contribution in [-0.2, 0) is 4.79 Å². The molecule has 0 spiro atoms. The average Bonchev–Trinajstić information content (AvgIpc) is 3.66. The summed E-state index contributed by atoms with van der Waals surface area (Å²) in [7, 11) is 0. The first kappa shape index (κ1) is 32.2. The number of benzene rings is 3. The highest BCUT2D eigenvalue weighted by Gasteiger charge is 2.45. The Morgan fingerprint density at radius 2 is 1.85 bits per heavy atom. The monoisotopic (exact) mass is 674 g/mol. The van der Waals surface area contributed by atoms with Gasteiger partial charge in [0.1, 0.15) is 17.2 Å². The van der Waals surface area contributed by atoms with Crippen molar-refractivity contribution in [2.24, 2.45) is 5.41 Å². The zero-order valence-electron chi connectivity index (χ0n) is 26.3. The summed E-state index contributed by atoms with van der Waals surface area (Å²) in [6.45, 7) is 7.09. The molecule has 1 atom stereocenters. The quantitative estimate of drug-likeness (QED) is 0.176. The Hall–Kier alpha value is -4.40. The van der Waals surface area contributed by atoms with Gasteiger partial charge in [-0.25, -0.2) is 13.2 Å². The Morgan fingerprint density at radius 3 is 2.58 bits per heavy atom. The lowest BCUT2D eigenvalue weighted by molar-refractivity contribution is -0.131. The Labute approximate surface area is 281 Å². The first-order valence-electron chi connectivity index (χ1n) is 16.2. The van der Waals surface area contributed by atoms with Gasteiger partial charge in [-0.1, -0.05) is 48.5 Å². The van der Waals surface area contributed by atoms with Crippen LogP contribution in [0.3, 0.4) is 0 Å². The minimum Gasteiger partial charge on any atom is -0.463 e. The van der Waals surface area contributed by atoms with E-state index in [1.54, 1.807) is 36.4 Å². The van der Waals surface area contributed by atoms with Gasteiger partial charge in [0.2, 0.25) is 0 Å². The molecule has 3 fully saturated rings. The van der Waals surface area contributed by atoms with Gasteiger partial charge < -0.3 is 19.4 Å². The van der Waals surface area contributed by atoms with Crippen LogP contribution in [-0.4, -0.2) is 77.6 Å². The van der Waals surface area contributed by atoms with Crippen molar-refractivity contribution < 1.29 is 22.7 Å². The van der Waals surface area contributed by atoms with Gasteiger partial charge in [0.25, 0.3) is 5.91 Å². The highest BCUT2D eigenvalue weighted by atomic mass is 35.5. The zero-order valence-corrected chi connectivity index (χ0v) is 27.1. The van der Waals surface area contributed by atoms with Crippen LogP contribution >= 0.6 is 11.6 Å². The molecule has 1 saturated carbocycles. The molecule has 2 aliphatic heterocycles. The number of nitrogens with zero attached hydrogens (tertiary/aromatic N) is 6. The number of likely N-dealkylation sites (tertiary alicyclic amines) is 1. The van der Waals surface area contributed by atoms with Crippen molar-refractivity contribution in [3.8, 4) is 23.2 Å². The van der Waals surface area contributed by atoms with Gasteiger partial charge in [-0.15, -0.1) is 0 Å². The fourth-order valence-electron chi connectivity index (χ4n) is 7.08. The molecule has 1 aromatic heterocycles. The van der Waals surface area contributed by atoms with E-state index in [1.807, 2.05) is 4.90 Å². The standard InChI is InChI=1S/C36H34ClF3N6O2/c1-22(38)34(47)46-18-17-45(19-24(46)11-14-41)33-27-9-8-26(25-6-4-5-23-7-10-28(39)30(37)29(23)25)31(40)32(27)42-35(43-33)48-21-36(12-13-36)20-44-15-2-3-16-44/h4-10,24H,1-3,11-13,15-21H2. The second kappa shape index (κ2) is 12.9. The fourth-order valence-corrected chi connectivity index (χ4v) is 7.36. The van der Waals surface area contributed by atoms with Crippen LogP contribution < -0.4 is 9.64 Å². The second-order valence-corrected chi connectivity index (χ2v) is 13.4. The Balaban J connectivity index is 1.30. The van der Waals surface area contributed by atoms with E-state index in [2.05, 4.69) is 22.5 Å². The molecule has 4 aromatic rings. The molecule has 3 aromatic carbocycles. The third-order valence-corrected chi connectivity index (χ3v) is 10.2. The first-order valence-corrected chi connectivity index (χ1v) is 16.6. The minimum absolute atomic E-state index is 0.00823. The summed E-state index contributed by atoms with van der Waals surface area (Å²) in [5.41, 5.74) is 0.595. The predicted molar refractivity (Wildman–Crippen MR) is 178 cm³/mol. The zero-order chi connectivity index (χ0) is 33.6. The number of fused-ring (bicyclic) bond motifs is 2. The lowest BCUT2D eigenvalue weighted by Gasteiger charge is -2.41. The summed E-state index contributed by atoms with van der Waals surface area (Å²) in [6.07, 6.45) is 4.38. The van der Waals surface area contributed by atoms with Crippen molar-refractivity contribution in [1.29, 1.82) is 5.26 Å². The summed E-state index contributed by atoms with van der Waals surface area (Å²) in [5.74, 6) is -2.84. The van der Waals surface area contributed by atoms with Gasteiger partial charge >= 0.3 is 6.01 Å². The molecule has 248 valence electrons. The SMILES string of the molecule is C=C(F)C(=O)N1CCN(c2nc(OCC3(CN4CCCC4)CC3)nc3c(F)c(-c4cccc5ccc(F)c(Cl)c45)ccc23)CC1CC#N. The number of carbonyl (C=O) groups is 1. The lowest BCUT2D eigenvalue weighted by Crippen LogP contribution is -2.55. The largest absolute Gasteiger partial charge is 0.463 e. The Kier molecular flexibility index (Phi) is 8.64. The smallest absolute Gasteiger partial charge is 0.319 e. The van der Waals surface area contributed by atoms with E-state index in [1.165, 1.54) is 23.8 Å². The molecule has 7 rings (SSSR count). The van der Waals surface area contributed by atoms with Crippen molar-refractivity contribution in [2.75, 3.05) is 50.8 Å². The lowest BCUT2D eigenvalue weighted by atomic mass is 9.96. The molecule has 0 radical (unpaired) electrons. The summed E-state index contributed by atoms with van der Waals surface area (Å²) in [6, 6.07) is 12.8.